The van der Waals surface area contributed by atoms with Gasteiger partial charge in [-0.3, -0.25) is 0 Å². The van der Waals surface area contributed by atoms with Crippen LogP contribution in [0.1, 0.15) is 19.8 Å². The van der Waals surface area contributed by atoms with Gasteiger partial charge in [0.15, 0.2) is 0 Å². The monoisotopic (exact) mass is 277 g/mol. The van der Waals surface area contributed by atoms with Crippen molar-refractivity contribution in [1.29, 1.82) is 0 Å². The van der Waals surface area contributed by atoms with Crippen LogP contribution in [0.2, 0.25) is 0 Å². The van der Waals surface area contributed by atoms with Gasteiger partial charge in [-0.25, -0.2) is 0 Å². The van der Waals surface area contributed by atoms with Gasteiger partial charge in [0.05, 0.1) is 6.61 Å². The molecule has 4 heteroatoms. The lowest BCUT2D eigenvalue weighted by atomic mass is 10.1. The predicted octanol–water partition coefficient (Wildman–Crippen LogP) is 2.06. The summed E-state index contributed by atoms with van der Waals surface area (Å²) in [7, 11) is 2.23. The molecule has 1 heterocycles. The topological polar surface area (TPSA) is 41.7 Å². The molecule has 1 atom stereocenters. The van der Waals surface area contributed by atoms with Crippen molar-refractivity contribution < 1.29 is 4.74 Å². The van der Waals surface area contributed by atoms with E-state index in [0.717, 1.165) is 31.0 Å². The van der Waals surface area contributed by atoms with Gasteiger partial charge >= 0.3 is 0 Å². The Morgan fingerprint density at radius 2 is 2.20 bits per heavy atom. The molecule has 0 bridgehead atoms. The second-order valence-electron chi connectivity index (χ2n) is 5.62. The predicted molar refractivity (Wildman–Crippen MR) is 84.1 cm³/mol. The summed E-state index contributed by atoms with van der Waals surface area (Å²) in [5, 5.41) is 0. The molecule has 0 aromatic heterocycles. The lowest BCUT2D eigenvalue weighted by Crippen LogP contribution is -2.51. The average molecular weight is 277 g/mol. The van der Waals surface area contributed by atoms with Crippen LogP contribution in [0, 0.1) is 0 Å². The molecule has 2 N–H and O–H groups in total. The molecule has 0 radical (unpaired) electrons. The van der Waals surface area contributed by atoms with E-state index in [2.05, 4.69) is 23.8 Å². The van der Waals surface area contributed by atoms with Gasteiger partial charge in [0, 0.05) is 44.0 Å². The number of piperazine rings is 1. The third-order valence-electron chi connectivity index (χ3n) is 4.08. The summed E-state index contributed by atoms with van der Waals surface area (Å²) in [5.74, 6) is 0.870. The van der Waals surface area contributed by atoms with E-state index in [1.165, 1.54) is 26.1 Å². The van der Waals surface area contributed by atoms with Gasteiger partial charge in [-0.1, -0.05) is 13.0 Å². The maximum atomic E-state index is 5.74. The van der Waals surface area contributed by atoms with Crippen molar-refractivity contribution in [2.75, 3.05) is 45.6 Å². The maximum Gasteiger partial charge on any atom is 0.121 e. The highest BCUT2D eigenvalue weighted by Crippen LogP contribution is 2.15. The first-order valence-electron chi connectivity index (χ1n) is 7.60. The molecule has 1 aliphatic rings. The molecule has 0 amide bonds. The normalized spacial score (nSPS) is 21.0. The fourth-order valence-corrected chi connectivity index (χ4v) is 2.74. The summed E-state index contributed by atoms with van der Waals surface area (Å²) in [4.78, 5) is 5.02. The van der Waals surface area contributed by atoms with E-state index in [0.29, 0.717) is 6.04 Å². The van der Waals surface area contributed by atoms with E-state index >= 15 is 0 Å². The van der Waals surface area contributed by atoms with E-state index in [4.69, 9.17) is 10.5 Å². The van der Waals surface area contributed by atoms with Crippen LogP contribution in [-0.4, -0.2) is 55.7 Å². The molecule has 1 fully saturated rings. The first-order chi connectivity index (χ1) is 9.69. The van der Waals surface area contributed by atoms with Crippen LogP contribution in [0.3, 0.4) is 0 Å². The Labute approximate surface area is 122 Å². The Kier molecular flexibility index (Phi) is 5.68. The van der Waals surface area contributed by atoms with Crippen molar-refractivity contribution in [3.8, 4) is 5.75 Å². The molecule has 112 valence electrons. The highest BCUT2D eigenvalue weighted by atomic mass is 16.5. The fraction of sp³-hybridized carbons (Fsp3) is 0.625. The molecule has 20 heavy (non-hydrogen) atoms. The number of ether oxygens (including phenoxy) is 1. The Morgan fingerprint density at radius 1 is 1.35 bits per heavy atom. The van der Waals surface area contributed by atoms with Crippen LogP contribution in [0.5, 0.6) is 5.75 Å². The second-order valence-corrected chi connectivity index (χ2v) is 5.62. The standard InChI is InChI=1S/C16H27N3O/c1-3-15-13-19(10-9-18(15)2)8-5-11-20-16-7-4-6-14(17)12-16/h4,6-7,12,15H,3,5,8-11,13,17H2,1-2H3. The maximum absolute atomic E-state index is 5.74. The number of likely N-dealkylation sites (N-methyl/N-ethyl adjacent to an activating group) is 1. The van der Waals surface area contributed by atoms with Crippen LogP contribution >= 0.6 is 0 Å². The van der Waals surface area contributed by atoms with Gasteiger partial charge in [0.25, 0.3) is 0 Å². The minimum absolute atomic E-state index is 0.707. The van der Waals surface area contributed by atoms with Crippen molar-refractivity contribution in [2.45, 2.75) is 25.8 Å². The summed E-state index contributed by atoms with van der Waals surface area (Å²) >= 11 is 0. The van der Waals surface area contributed by atoms with Crippen LogP contribution < -0.4 is 10.5 Å². The summed E-state index contributed by atoms with van der Waals surface area (Å²) in [6.07, 6.45) is 2.29. The summed E-state index contributed by atoms with van der Waals surface area (Å²) < 4.78 is 5.74. The van der Waals surface area contributed by atoms with Crippen LogP contribution in [0.15, 0.2) is 24.3 Å². The Hall–Kier alpha value is -1.26. The zero-order chi connectivity index (χ0) is 14.4. The quantitative estimate of drug-likeness (QED) is 0.638. The minimum Gasteiger partial charge on any atom is -0.493 e. The first kappa shape index (κ1) is 15.1. The van der Waals surface area contributed by atoms with Crippen molar-refractivity contribution >= 4 is 5.69 Å². The molecule has 1 aliphatic heterocycles. The van der Waals surface area contributed by atoms with Crippen molar-refractivity contribution in [1.82, 2.24) is 9.80 Å². The third-order valence-corrected chi connectivity index (χ3v) is 4.08. The van der Waals surface area contributed by atoms with Gasteiger partial charge in [0.1, 0.15) is 5.75 Å². The van der Waals surface area contributed by atoms with E-state index in [1.54, 1.807) is 0 Å². The molecule has 0 saturated carbocycles. The van der Waals surface area contributed by atoms with Gasteiger partial charge in [-0.2, -0.15) is 0 Å². The average Bonchev–Trinajstić information content (AvgIpc) is 2.45. The smallest absolute Gasteiger partial charge is 0.121 e. The molecule has 1 unspecified atom stereocenters. The molecule has 1 aromatic carbocycles. The van der Waals surface area contributed by atoms with E-state index in [-0.39, 0.29) is 0 Å². The number of hydrogen-bond donors (Lipinski definition) is 1. The highest BCUT2D eigenvalue weighted by Gasteiger charge is 2.22. The zero-order valence-electron chi connectivity index (χ0n) is 12.7. The largest absolute Gasteiger partial charge is 0.493 e. The number of nitrogens with two attached hydrogens (primary N) is 1. The number of rotatable bonds is 6. The van der Waals surface area contributed by atoms with E-state index in [9.17, 15) is 0 Å². The van der Waals surface area contributed by atoms with Gasteiger partial charge in [-0.05, 0) is 32.0 Å². The number of hydrogen-bond acceptors (Lipinski definition) is 4. The van der Waals surface area contributed by atoms with Crippen LogP contribution in [0.25, 0.3) is 0 Å². The van der Waals surface area contributed by atoms with Crippen molar-refractivity contribution in [3.63, 3.8) is 0 Å². The second kappa shape index (κ2) is 7.50. The number of anilines is 1. The number of benzene rings is 1. The minimum atomic E-state index is 0.707. The summed E-state index contributed by atoms with van der Waals surface area (Å²) in [5.41, 5.74) is 6.49. The van der Waals surface area contributed by atoms with Crippen LogP contribution in [0.4, 0.5) is 5.69 Å². The van der Waals surface area contributed by atoms with Crippen molar-refractivity contribution in [2.24, 2.45) is 0 Å². The lowest BCUT2D eigenvalue weighted by molar-refractivity contribution is 0.0891. The molecule has 1 aromatic rings. The molecule has 0 aliphatic carbocycles. The summed E-state index contributed by atoms with van der Waals surface area (Å²) in [6, 6.07) is 8.35. The molecule has 2 rings (SSSR count). The first-order valence-corrected chi connectivity index (χ1v) is 7.60. The van der Waals surface area contributed by atoms with E-state index < -0.39 is 0 Å². The van der Waals surface area contributed by atoms with Gasteiger partial charge in [0.2, 0.25) is 0 Å². The Bertz CT molecular complexity index is 410. The molecular formula is C16H27N3O. The molecule has 0 spiro atoms. The molecule has 1 saturated heterocycles. The van der Waals surface area contributed by atoms with Gasteiger partial charge in [-0.15, -0.1) is 0 Å². The number of nitrogen functional groups attached to an aromatic ring is 1. The fourth-order valence-electron chi connectivity index (χ4n) is 2.74. The molecule has 4 nitrogen and oxygen atoms in total. The van der Waals surface area contributed by atoms with Gasteiger partial charge < -0.3 is 20.3 Å². The third kappa shape index (κ3) is 4.39. The van der Waals surface area contributed by atoms with Crippen molar-refractivity contribution in [3.05, 3.63) is 24.3 Å². The summed E-state index contributed by atoms with van der Waals surface area (Å²) in [6.45, 7) is 7.68. The van der Waals surface area contributed by atoms with Crippen LogP contribution in [-0.2, 0) is 0 Å². The highest BCUT2D eigenvalue weighted by molar-refractivity contribution is 5.43. The SMILES string of the molecule is CCC1CN(CCCOc2cccc(N)c2)CCN1C. The molecular weight excluding hydrogens is 250 g/mol. The lowest BCUT2D eigenvalue weighted by Gasteiger charge is -2.39. The zero-order valence-corrected chi connectivity index (χ0v) is 12.7. The number of nitrogens with zero attached hydrogens (tertiary/aromatic N) is 2. The van der Waals surface area contributed by atoms with E-state index in [1.807, 2.05) is 24.3 Å². The Balaban J connectivity index is 1.66. The Morgan fingerprint density at radius 3 is 2.95 bits per heavy atom.